The molecule has 0 radical (unpaired) electrons. The third kappa shape index (κ3) is 3.47. The molecule has 3 heteroatoms. The number of benzene rings is 2. The van der Waals surface area contributed by atoms with E-state index < -0.39 is 0 Å². The fourth-order valence-electron chi connectivity index (χ4n) is 2.43. The van der Waals surface area contributed by atoms with Crippen molar-refractivity contribution in [3.05, 3.63) is 63.6 Å². The highest BCUT2D eigenvalue weighted by Gasteiger charge is 2.23. The van der Waals surface area contributed by atoms with Gasteiger partial charge in [0.1, 0.15) is 5.75 Å². The van der Waals surface area contributed by atoms with Gasteiger partial charge in [0.15, 0.2) is 0 Å². The van der Waals surface area contributed by atoms with Gasteiger partial charge in [-0.3, -0.25) is 0 Å². The Hall–Kier alpha value is -1.32. The number of hydrogen-bond acceptors (Lipinski definition) is 2. The normalized spacial score (nSPS) is 15.8. The molecule has 1 N–H and O–H groups in total. The van der Waals surface area contributed by atoms with Gasteiger partial charge in [-0.25, -0.2) is 0 Å². The van der Waals surface area contributed by atoms with Crippen molar-refractivity contribution >= 4 is 15.9 Å². The Morgan fingerprint density at radius 3 is 2.33 bits per heavy atom. The van der Waals surface area contributed by atoms with Crippen LogP contribution in [0.1, 0.15) is 35.6 Å². The first-order valence-electron chi connectivity index (χ1n) is 7.37. The molecule has 110 valence electrons. The molecule has 0 saturated heterocycles. The molecule has 0 heterocycles. The SMILES string of the molecule is CNC(c1ccc(OC2CC2)cc1)c1ccc(C)c(Br)c1. The Morgan fingerprint density at radius 2 is 1.76 bits per heavy atom. The van der Waals surface area contributed by atoms with Crippen LogP contribution < -0.4 is 10.1 Å². The number of ether oxygens (including phenoxy) is 1. The molecule has 1 aliphatic carbocycles. The molecule has 1 saturated carbocycles. The second-order valence-electron chi connectivity index (χ2n) is 5.62. The van der Waals surface area contributed by atoms with Crippen molar-refractivity contribution < 1.29 is 4.74 Å². The molecule has 21 heavy (non-hydrogen) atoms. The van der Waals surface area contributed by atoms with Gasteiger partial charge in [-0.2, -0.15) is 0 Å². The lowest BCUT2D eigenvalue weighted by molar-refractivity contribution is 0.303. The first kappa shape index (κ1) is 14.6. The molecule has 2 aromatic carbocycles. The van der Waals surface area contributed by atoms with Gasteiger partial charge in [0.25, 0.3) is 0 Å². The van der Waals surface area contributed by atoms with Gasteiger partial charge in [-0.05, 0) is 61.7 Å². The van der Waals surface area contributed by atoms with Crippen LogP contribution in [0, 0.1) is 6.92 Å². The smallest absolute Gasteiger partial charge is 0.119 e. The van der Waals surface area contributed by atoms with Crippen LogP contribution >= 0.6 is 15.9 Å². The molecular formula is C18H20BrNO. The van der Waals surface area contributed by atoms with Gasteiger partial charge in [0.05, 0.1) is 12.1 Å². The van der Waals surface area contributed by atoms with E-state index in [9.17, 15) is 0 Å². The molecule has 0 spiro atoms. The molecule has 1 aliphatic rings. The van der Waals surface area contributed by atoms with Gasteiger partial charge < -0.3 is 10.1 Å². The van der Waals surface area contributed by atoms with Gasteiger partial charge in [0.2, 0.25) is 0 Å². The second-order valence-corrected chi connectivity index (χ2v) is 6.47. The van der Waals surface area contributed by atoms with Crippen LogP contribution in [0.15, 0.2) is 46.9 Å². The zero-order valence-electron chi connectivity index (χ0n) is 12.4. The first-order chi connectivity index (χ1) is 10.2. The van der Waals surface area contributed by atoms with Crippen LogP contribution in [-0.4, -0.2) is 13.2 Å². The van der Waals surface area contributed by atoms with Gasteiger partial charge in [-0.1, -0.05) is 40.2 Å². The minimum Gasteiger partial charge on any atom is -0.490 e. The molecule has 0 aliphatic heterocycles. The van der Waals surface area contributed by atoms with Gasteiger partial charge in [0, 0.05) is 4.47 Å². The minimum atomic E-state index is 0.192. The minimum absolute atomic E-state index is 0.192. The number of aryl methyl sites for hydroxylation is 1. The fourth-order valence-corrected chi connectivity index (χ4v) is 2.83. The predicted octanol–water partition coefficient (Wildman–Crippen LogP) is 4.61. The molecule has 0 bridgehead atoms. The molecule has 1 atom stereocenters. The van der Waals surface area contributed by atoms with E-state index in [0.717, 1.165) is 10.2 Å². The predicted molar refractivity (Wildman–Crippen MR) is 89.9 cm³/mol. The Bertz CT molecular complexity index is 620. The van der Waals surface area contributed by atoms with E-state index in [1.165, 1.54) is 29.5 Å². The van der Waals surface area contributed by atoms with Crippen LogP contribution in [0.5, 0.6) is 5.75 Å². The Kier molecular flexibility index (Phi) is 4.32. The van der Waals surface area contributed by atoms with E-state index in [-0.39, 0.29) is 6.04 Å². The van der Waals surface area contributed by atoms with Crippen LogP contribution in [0.25, 0.3) is 0 Å². The topological polar surface area (TPSA) is 21.3 Å². The summed E-state index contributed by atoms with van der Waals surface area (Å²) in [6.45, 7) is 2.10. The number of halogens is 1. The first-order valence-corrected chi connectivity index (χ1v) is 8.16. The lowest BCUT2D eigenvalue weighted by Gasteiger charge is -2.18. The second kappa shape index (κ2) is 6.20. The summed E-state index contributed by atoms with van der Waals surface area (Å²) in [4.78, 5) is 0. The summed E-state index contributed by atoms with van der Waals surface area (Å²) in [6, 6.07) is 15.1. The molecule has 2 nitrogen and oxygen atoms in total. The highest BCUT2D eigenvalue weighted by Crippen LogP contribution is 2.30. The van der Waals surface area contributed by atoms with Crippen molar-refractivity contribution in [2.75, 3.05) is 7.05 Å². The van der Waals surface area contributed by atoms with Gasteiger partial charge in [-0.15, -0.1) is 0 Å². The summed E-state index contributed by atoms with van der Waals surface area (Å²) in [5.74, 6) is 0.973. The van der Waals surface area contributed by atoms with Crippen molar-refractivity contribution in [1.29, 1.82) is 0 Å². The van der Waals surface area contributed by atoms with E-state index in [4.69, 9.17) is 4.74 Å². The lowest BCUT2D eigenvalue weighted by Crippen LogP contribution is -2.17. The quantitative estimate of drug-likeness (QED) is 0.854. The van der Waals surface area contributed by atoms with E-state index in [1.54, 1.807) is 0 Å². The van der Waals surface area contributed by atoms with Crippen molar-refractivity contribution in [3.8, 4) is 5.75 Å². The molecule has 3 rings (SSSR count). The maximum absolute atomic E-state index is 5.81. The number of hydrogen-bond donors (Lipinski definition) is 1. The summed E-state index contributed by atoms with van der Waals surface area (Å²) in [5, 5.41) is 3.39. The maximum atomic E-state index is 5.81. The Labute approximate surface area is 134 Å². The molecular weight excluding hydrogens is 326 g/mol. The average Bonchev–Trinajstić information content (AvgIpc) is 3.29. The Morgan fingerprint density at radius 1 is 1.10 bits per heavy atom. The summed E-state index contributed by atoms with van der Waals surface area (Å²) < 4.78 is 6.95. The van der Waals surface area contributed by atoms with E-state index in [0.29, 0.717) is 6.10 Å². The molecule has 0 aromatic heterocycles. The summed E-state index contributed by atoms with van der Waals surface area (Å²) in [5.41, 5.74) is 3.75. The zero-order chi connectivity index (χ0) is 14.8. The van der Waals surface area contributed by atoms with Crippen LogP contribution in [-0.2, 0) is 0 Å². The van der Waals surface area contributed by atoms with Crippen LogP contribution in [0.3, 0.4) is 0 Å². The van der Waals surface area contributed by atoms with Crippen molar-refractivity contribution in [3.63, 3.8) is 0 Å². The van der Waals surface area contributed by atoms with E-state index in [1.807, 2.05) is 7.05 Å². The standard InChI is InChI=1S/C18H20BrNO/c1-12-3-4-14(11-17(12)19)18(20-2)13-5-7-15(8-6-13)21-16-9-10-16/h3-8,11,16,18,20H,9-10H2,1-2H3. The van der Waals surface area contributed by atoms with Gasteiger partial charge >= 0.3 is 0 Å². The third-order valence-electron chi connectivity index (χ3n) is 3.86. The summed E-state index contributed by atoms with van der Waals surface area (Å²) in [6.07, 6.45) is 2.83. The average molecular weight is 346 g/mol. The zero-order valence-corrected chi connectivity index (χ0v) is 14.0. The summed E-state index contributed by atoms with van der Waals surface area (Å²) in [7, 11) is 1.99. The Balaban J connectivity index is 1.82. The lowest BCUT2D eigenvalue weighted by atomic mass is 9.98. The third-order valence-corrected chi connectivity index (χ3v) is 4.71. The summed E-state index contributed by atoms with van der Waals surface area (Å²) >= 11 is 3.61. The molecule has 1 fully saturated rings. The highest BCUT2D eigenvalue weighted by molar-refractivity contribution is 9.10. The number of nitrogens with one attached hydrogen (secondary N) is 1. The number of rotatable bonds is 5. The van der Waals surface area contributed by atoms with Crippen LogP contribution in [0.2, 0.25) is 0 Å². The maximum Gasteiger partial charge on any atom is 0.119 e. The monoisotopic (exact) mass is 345 g/mol. The molecule has 0 amide bonds. The van der Waals surface area contributed by atoms with Crippen molar-refractivity contribution in [2.45, 2.75) is 31.9 Å². The highest BCUT2D eigenvalue weighted by atomic mass is 79.9. The fraction of sp³-hybridized carbons (Fsp3) is 0.333. The van der Waals surface area contributed by atoms with E-state index >= 15 is 0 Å². The van der Waals surface area contributed by atoms with Crippen molar-refractivity contribution in [2.24, 2.45) is 0 Å². The van der Waals surface area contributed by atoms with Crippen LogP contribution in [0.4, 0.5) is 0 Å². The molecule has 1 unspecified atom stereocenters. The van der Waals surface area contributed by atoms with E-state index in [2.05, 4.69) is 70.6 Å². The molecule has 2 aromatic rings. The largest absolute Gasteiger partial charge is 0.490 e. The van der Waals surface area contributed by atoms with Crippen molar-refractivity contribution in [1.82, 2.24) is 5.32 Å².